The van der Waals surface area contributed by atoms with Gasteiger partial charge in [-0.1, -0.05) is 0 Å². The van der Waals surface area contributed by atoms with Gasteiger partial charge >= 0.3 is 6.03 Å². The minimum atomic E-state index is -0.251. The molecule has 0 heterocycles. The van der Waals surface area contributed by atoms with E-state index < -0.39 is 0 Å². The minimum absolute atomic E-state index is 0.241. The molecule has 0 spiro atoms. The third-order valence-electron chi connectivity index (χ3n) is 2.34. The number of benzene rings is 1. The van der Waals surface area contributed by atoms with Crippen molar-refractivity contribution < 1.29 is 9.18 Å². The molecule has 2 amide bonds. The average Bonchev–Trinajstić information content (AvgIpc) is 2.38. The Hall–Kier alpha value is -1.89. The van der Waals surface area contributed by atoms with Gasteiger partial charge in [0.25, 0.3) is 0 Å². The van der Waals surface area contributed by atoms with Crippen LogP contribution in [0.15, 0.2) is 18.2 Å². The lowest BCUT2D eigenvalue weighted by atomic mass is 10.2. The number of hydrogen-bond donors (Lipinski definition) is 4. The summed E-state index contributed by atoms with van der Waals surface area (Å²) in [6.45, 7) is 2.63. The van der Waals surface area contributed by atoms with E-state index in [1.165, 1.54) is 6.07 Å². The van der Waals surface area contributed by atoms with Gasteiger partial charge in [-0.15, -0.1) is 0 Å². The van der Waals surface area contributed by atoms with E-state index in [1.54, 1.807) is 26.1 Å². The Kier molecular flexibility index (Phi) is 6.01. The highest BCUT2D eigenvalue weighted by molar-refractivity contribution is 7.80. The average molecular weight is 284 g/mol. The number of aryl methyl sites for hydroxylation is 1. The number of anilines is 1. The number of hydrogen-bond acceptors (Lipinski definition) is 2. The molecule has 0 unspecified atom stereocenters. The predicted octanol–water partition coefficient (Wildman–Crippen LogP) is 1.35. The van der Waals surface area contributed by atoms with Crippen LogP contribution in [0.2, 0.25) is 0 Å². The van der Waals surface area contributed by atoms with Crippen molar-refractivity contribution in [2.24, 2.45) is 0 Å². The summed E-state index contributed by atoms with van der Waals surface area (Å²) in [5.74, 6) is -0.251. The Morgan fingerprint density at radius 3 is 2.63 bits per heavy atom. The van der Waals surface area contributed by atoms with Crippen LogP contribution in [0, 0.1) is 12.7 Å². The molecule has 1 aromatic rings. The number of thiocarbonyl (C=S) groups is 1. The third kappa shape index (κ3) is 5.52. The van der Waals surface area contributed by atoms with E-state index >= 15 is 0 Å². The number of urea groups is 1. The standard InChI is InChI=1S/C12H17FN4OS/c1-8-7-9(3-4-10(8)13)17-12(19)16-6-5-15-11(18)14-2/h3-4,7H,5-6H2,1-2H3,(H2,14,15,18)(H2,16,17,19). The molecular weight excluding hydrogens is 267 g/mol. The van der Waals surface area contributed by atoms with Crippen molar-refractivity contribution in [3.05, 3.63) is 29.6 Å². The van der Waals surface area contributed by atoms with E-state index in [2.05, 4.69) is 21.3 Å². The van der Waals surface area contributed by atoms with Crippen LogP contribution in [0.1, 0.15) is 5.56 Å². The number of carbonyl (C=O) groups is 1. The number of amides is 2. The lowest BCUT2D eigenvalue weighted by Gasteiger charge is -2.11. The van der Waals surface area contributed by atoms with Gasteiger partial charge in [0.2, 0.25) is 0 Å². The molecule has 1 aromatic carbocycles. The Labute approximate surface area is 117 Å². The van der Waals surface area contributed by atoms with Crippen molar-refractivity contribution in [2.45, 2.75) is 6.92 Å². The molecule has 104 valence electrons. The van der Waals surface area contributed by atoms with Crippen LogP contribution in [-0.2, 0) is 0 Å². The molecule has 1 rings (SSSR count). The monoisotopic (exact) mass is 284 g/mol. The molecule has 5 nitrogen and oxygen atoms in total. The van der Waals surface area contributed by atoms with E-state index in [4.69, 9.17) is 12.2 Å². The molecule has 0 radical (unpaired) electrons. The molecule has 4 N–H and O–H groups in total. The fourth-order valence-corrected chi connectivity index (χ4v) is 1.56. The lowest BCUT2D eigenvalue weighted by Crippen LogP contribution is -2.39. The van der Waals surface area contributed by atoms with Crippen LogP contribution in [0.5, 0.6) is 0 Å². The summed E-state index contributed by atoms with van der Waals surface area (Å²) in [4.78, 5) is 10.9. The van der Waals surface area contributed by atoms with Gasteiger partial charge in [0.15, 0.2) is 5.11 Å². The second-order valence-electron chi connectivity index (χ2n) is 3.85. The van der Waals surface area contributed by atoms with Crippen molar-refractivity contribution in [3.63, 3.8) is 0 Å². The Morgan fingerprint density at radius 2 is 2.00 bits per heavy atom. The first kappa shape index (κ1) is 15.2. The van der Waals surface area contributed by atoms with Crippen LogP contribution < -0.4 is 21.3 Å². The molecule has 0 fully saturated rings. The normalized spacial score (nSPS) is 9.63. The number of nitrogens with one attached hydrogen (secondary N) is 4. The molecule has 0 aliphatic rings. The van der Waals surface area contributed by atoms with E-state index in [0.717, 1.165) is 5.69 Å². The number of carbonyl (C=O) groups excluding carboxylic acids is 1. The fraction of sp³-hybridized carbons (Fsp3) is 0.333. The van der Waals surface area contributed by atoms with Gasteiger partial charge in [-0.25, -0.2) is 9.18 Å². The van der Waals surface area contributed by atoms with Crippen molar-refractivity contribution in [3.8, 4) is 0 Å². The Bertz CT molecular complexity index is 467. The molecule has 0 aromatic heterocycles. The first-order chi connectivity index (χ1) is 9.02. The highest BCUT2D eigenvalue weighted by Gasteiger charge is 2.01. The Morgan fingerprint density at radius 1 is 1.32 bits per heavy atom. The van der Waals surface area contributed by atoms with Gasteiger partial charge in [-0.2, -0.15) is 0 Å². The lowest BCUT2D eigenvalue weighted by molar-refractivity contribution is 0.243. The largest absolute Gasteiger partial charge is 0.361 e. The summed E-state index contributed by atoms with van der Waals surface area (Å²) in [6, 6.07) is 4.42. The second kappa shape index (κ2) is 7.52. The van der Waals surface area contributed by atoms with Gasteiger partial charge in [0, 0.05) is 25.8 Å². The zero-order valence-corrected chi connectivity index (χ0v) is 11.7. The maximum absolute atomic E-state index is 13.1. The third-order valence-corrected chi connectivity index (χ3v) is 2.59. The minimum Gasteiger partial charge on any atom is -0.361 e. The van der Waals surface area contributed by atoms with E-state index in [0.29, 0.717) is 23.8 Å². The summed E-state index contributed by atoms with van der Waals surface area (Å²) in [6.07, 6.45) is 0. The van der Waals surface area contributed by atoms with Gasteiger partial charge < -0.3 is 21.3 Å². The topological polar surface area (TPSA) is 65.2 Å². The molecule has 7 heteroatoms. The second-order valence-corrected chi connectivity index (χ2v) is 4.26. The molecule has 0 saturated heterocycles. The summed E-state index contributed by atoms with van der Waals surface area (Å²) in [7, 11) is 1.55. The smallest absolute Gasteiger partial charge is 0.314 e. The zero-order valence-electron chi connectivity index (χ0n) is 10.8. The molecule has 0 aliphatic heterocycles. The van der Waals surface area contributed by atoms with Crippen molar-refractivity contribution >= 4 is 29.0 Å². The van der Waals surface area contributed by atoms with Crippen LogP contribution >= 0.6 is 12.2 Å². The van der Waals surface area contributed by atoms with E-state index in [-0.39, 0.29) is 11.8 Å². The SMILES string of the molecule is CNC(=O)NCCNC(=S)Nc1ccc(F)c(C)c1. The Balaban J connectivity index is 2.31. The van der Waals surface area contributed by atoms with Crippen LogP contribution in [0.4, 0.5) is 14.9 Å². The summed E-state index contributed by atoms with van der Waals surface area (Å²) in [5.41, 5.74) is 1.27. The van der Waals surface area contributed by atoms with E-state index in [9.17, 15) is 9.18 Å². The van der Waals surface area contributed by atoms with Gasteiger partial charge in [0.05, 0.1) is 0 Å². The predicted molar refractivity (Wildman–Crippen MR) is 77.8 cm³/mol. The molecule has 0 saturated carbocycles. The van der Waals surface area contributed by atoms with Crippen molar-refractivity contribution in [2.75, 3.05) is 25.5 Å². The first-order valence-electron chi connectivity index (χ1n) is 5.79. The molecule has 0 bridgehead atoms. The van der Waals surface area contributed by atoms with Gasteiger partial charge in [-0.05, 0) is 42.9 Å². The number of halogens is 1. The van der Waals surface area contributed by atoms with Crippen LogP contribution in [0.3, 0.4) is 0 Å². The maximum Gasteiger partial charge on any atom is 0.314 e. The molecule has 19 heavy (non-hydrogen) atoms. The summed E-state index contributed by atoms with van der Waals surface area (Å²) >= 11 is 5.08. The number of rotatable bonds is 4. The molecule has 0 atom stereocenters. The summed E-state index contributed by atoms with van der Waals surface area (Å²) < 4.78 is 13.1. The van der Waals surface area contributed by atoms with Gasteiger partial charge in [-0.3, -0.25) is 0 Å². The van der Waals surface area contributed by atoms with Crippen LogP contribution in [-0.4, -0.2) is 31.3 Å². The van der Waals surface area contributed by atoms with Crippen LogP contribution in [0.25, 0.3) is 0 Å². The molecule has 0 aliphatic carbocycles. The summed E-state index contributed by atoms with van der Waals surface area (Å²) in [5, 5.41) is 11.3. The highest BCUT2D eigenvalue weighted by atomic mass is 32.1. The van der Waals surface area contributed by atoms with Crippen molar-refractivity contribution in [1.29, 1.82) is 0 Å². The maximum atomic E-state index is 13.1. The zero-order chi connectivity index (χ0) is 14.3. The van der Waals surface area contributed by atoms with Gasteiger partial charge in [0.1, 0.15) is 5.82 Å². The van der Waals surface area contributed by atoms with Crippen molar-refractivity contribution in [1.82, 2.24) is 16.0 Å². The highest BCUT2D eigenvalue weighted by Crippen LogP contribution is 2.13. The fourth-order valence-electron chi connectivity index (χ4n) is 1.34. The quantitative estimate of drug-likeness (QED) is 0.498. The molecular formula is C12H17FN4OS. The first-order valence-corrected chi connectivity index (χ1v) is 6.20. The van der Waals surface area contributed by atoms with E-state index in [1.807, 2.05) is 0 Å².